The molecule has 4 nitrogen and oxygen atoms in total. The van der Waals surface area contributed by atoms with Gasteiger partial charge in [0.05, 0.1) is 12.3 Å². The molecule has 1 aromatic heterocycles. The molecule has 1 saturated heterocycles. The van der Waals surface area contributed by atoms with E-state index in [1.807, 2.05) is 24.7 Å². The molecule has 1 fully saturated rings. The molecule has 2 atom stereocenters. The molecular formula is C12H20N2O2. The summed E-state index contributed by atoms with van der Waals surface area (Å²) >= 11 is 0. The van der Waals surface area contributed by atoms with Gasteiger partial charge in [0.2, 0.25) is 0 Å². The fourth-order valence-electron chi connectivity index (χ4n) is 1.98. The Morgan fingerprint density at radius 2 is 2.31 bits per heavy atom. The van der Waals surface area contributed by atoms with Crippen LogP contribution in [0.5, 0.6) is 0 Å². The molecule has 16 heavy (non-hydrogen) atoms. The predicted octanol–water partition coefficient (Wildman–Crippen LogP) is 2.27. The molecule has 0 amide bonds. The normalized spacial score (nSPS) is 23.6. The first kappa shape index (κ1) is 11.6. The summed E-state index contributed by atoms with van der Waals surface area (Å²) < 4.78 is 7.47. The van der Waals surface area contributed by atoms with E-state index >= 15 is 0 Å². The van der Waals surface area contributed by atoms with Gasteiger partial charge in [-0.3, -0.25) is 0 Å². The monoisotopic (exact) mass is 224 g/mol. The van der Waals surface area contributed by atoms with Crippen LogP contribution in [-0.4, -0.2) is 21.5 Å². The van der Waals surface area contributed by atoms with Crippen molar-refractivity contribution >= 4 is 0 Å². The summed E-state index contributed by atoms with van der Waals surface area (Å²) in [6.45, 7) is 4.81. The van der Waals surface area contributed by atoms with Crippen LogP contribution >= 0.6 is 0 Å². The van der Waals surface area contributed by atoms with E-state index in [9.17, 15) is 5.11 Å². The van der Waals surface area contributed by atoms with E-state index in [-0.39, 0.29) is 12.1 Å². The third-order valence-corrected chi connectivity index (χ3v) is 3.05. The second-order valence-corrected chi connectivity index (χ2v) is 4.76. The largest absolute Gasteiger partial charge is 0.388 e. The van der Waals surface area contributed by atoms with E-state index in [4.69, 9.17) is 4.74 Å². The summed E-state index contributed by atoms with van der Waals surface area (Å²) in [4.78, 5) is 0. The van der Waals surface area contributed by atoms with Crippen LogP contribution in [0.3, 0.4) is 0 Å². The lowest BCUT2D eigenvalue weighted by atomic mass is 10.0. The molecule has 1 aromatic rings. The van der Waals surface area contributed by atoms with Crippen molar-refractivity contribution in [2.75, 3.05) is 6.61 Å². The van der Waals surface area contributed by atoms with Gasteiger partial charge in [-0.2, -0.15) is 5.10 Å². The van der Waals surface area contributed by atoms with E-state index in [0.29, 0.717) is 0 Å². The zero-order valence-electron chi connectivity index (χ0n) is 9.97. The van der Waals surface area contributed by atoms with Gasteiger partial charge in [-0.05, 0) is 25.2 Å². The molecule has 1 aliphatic heterocycles. The van der Waals surface area contributed by atoms with E-state index in [2.05, 4.69) is 5.10 Å². The Morgan fingerprint density at radius 1 is 1.50 bits per heavy atom. The Labute approximate surface area is 96.2 Å². The van der Waals surface area contributed by atoms with Crippen molar-refractivity contribution in [1.29, 1.82) is 0 Å². The highest BCUT2D eigenvalue weighted by atomic mass is 16.5. The third-order valence-electron chi connectivity index (χ3n) is 3.05. The van der Waals surface area contributed by atoms with Crippen molar-refractivity contribution < 1.29 is 9.84 Å². The van der Waals surface area contributed by atoms with Crippen molar-refractivity contribution in [3.05, 3.63) is 18.0 Å². The maximum Gasteiger partial charge on any atom is 0.150 e. The Morgan fingerprint density at radius 3 is 2.94 bits per heavy atom. The quantitative estimate of drug-likeness (QED) is 0.856. The fraction of sp³-hybridized carbons (Fsp3) is 0.750. The van der Waals surface area contributed by atoms with Crippen molar-refractivity contribution in [1.82, 2.24) is 9.78 Å². The van der Waals surface area contributed by atoms with Crippen molar-refractivity contribution in [3.8, 4) is 0 Å². The standard InChI is InChI=1S/C12H20N2O2/c1-9(2)12(15)10-7-13-14(8-10)11-5-3-4-6-16-11/h7-9,11-12,15H,3-6H2,1-2H3. The van der Waals surface area contributed by atoms with E-state index < -0.39 is 6.10 Å². The van der Waals surface area contributed by atoms with Gasteiger partial charge >= 0.3 is 0 Å². The number of hydrogen-bond acceptors (Lipinski definition) is 3. The van der Waals surface area contributed by atoms with Crippen LogP contribution < -0.4 is 0 Å². The minimum Gasteiger partial charge on any atom is -0.388 e. The number of rotatable bonds is 3. The smallest absolute Gasteiger partial charge is 0.150 e. The predicted molar refractivity (Wildman–Crippen MR) is 60.9 cm³/mol. The molecule has 0 aliphatic carbocycles. The summed E-state index contributed by atoms with van der Waals surface area (Å²) in [5, 5.41) is 14.2. The van der Waals surface area contributed by atoms with E-state index in [1.165, 1.54) is 6.42 Å². The van der Waals surface area contributed by atoms with Gasteiger partial charge in [-0.25, -0.2) is 4.68 Å². The second-order valence-electron chi connectivity index (χ2n) is 4.76. The summed E-state index contributed by atoms with van der Waals surface area (Å²) in [6, 6.07) is 0. The lowest BCUT2D eigenvalue weighted by Crippen LogP contribution is -2.18. The second kappa shape index (κ2) is 4.97. The molecule has 1 aliphatic rings. The van der Waals surface area contributed by atoms with Crippen LogP contribution in [0.4, 0.5) is 0 Å². The first-order valence-corrected chi connectivity index (χ1v) is 6.02. The number of nitrogens with zero attached hydrogens (tertiary/aromatic N) is 2. The number of ether oxygens (including phenoxy) is 1. The van der Waals surface area contributed by atoms with Gasteiger partial charge < -0.3 is 9.84 Å². The molecule has 0 radical (unpaired) electrons. The highest BCUT2D eigenvalue weighted by molar-refractivity contribution is 5.08. The minimum atomic E-state index is -0.433. The molecule has 90 valence electrons. The van der Waals surface area contributed by atoms with Crippen LogP contribution in [0.2, 0.25) is 0 Å². The van der Waals surface area contributed by atoms with Crippen molar-refractivity contribution in [3.63, 3.8) is 0 Å². The summed E-state index contributed by atoms with van der Waals surface area (Å²) in [5.41, 5.74) is 0.879. The average molecular weight is 224 g/mol. The van der Waals surface area contributed by atoms with Gasteiger partial charge in [0, 0.05) is 18.4 Å². The molecule has 1 N–H and O–H groups in total. The average Bonchev–Trinajstić information content (AvgIpc) is 2.78. The van der Waals surface area contributed by atoms with Crippen LogP contribution in [0, 0.1) is 5.92 Å². The zero-order chi connectivity index (χ0) is 11.5. The number of aliphatic hydroxyl groups excluding tert-OH is 1. The van der Waals surface area contributed by atoms with Gasteiger partial charge in [-0.1, -0.05) is 13.8 Å². The molecule has 2 unspecified atom stereocenters. The lowest BCUT2D eigenvalue weighted by Gasteiger charge is -2.22. The van der Waals surface area contributed by atoms with Crippen LogP contribution in [0.1, 0.15) is 51.0 Å². The Hall–Kier alpha value is -0.870. The number of aromatic nitrogens is 2. The Kier molecular flexibility index (Phi) is 3.61. The molecule has 0 aromatic carbocycles. The Bertz CT molecular complexity index is 330. The molecule has 0 spiro atoms. The lowest BCUT2D eigenvalue weighted by molar-refractivity contribution is -0.0396. The molecule has 0 saturated carbocycles. The first-order valence-electron chi connectivity index (χ1n) is 6.02. The zero-order valence-corrected chi connectivity index (χ0v) is 9.97. The summed E-state index contributed by atoms with van der Waals surface area (Å²) in [7, 11) is 0. The molecule has 0 bridgehead atoms. The van der Waals surface area contributed by atoms with Crippen LogP contribution in [-0.2, 0) is 4.74 Å². The van der Waals surface area contributed by atoms with Gasteiger partial charge in [0.1, 0.15) is 6.23 Å². The topological polar surface area (TPSA) is 47.3 Å². The van der Waals surface area contributed by atoms with Crippen molar-refractivity contribution in [2.24, 2.45) is 5.92 Å². The van der Waals surface area contributed by atoms with Gasteiger partial charge in [0.15, 0.2) is 0 Å². The van der Waals surface area contributed by atoms with Gasteiger partial charge in [0.25, 0.3) is 0 Å². The van der Waals surface area contributed by atoms with Gasteiger partial charge in [-0.15, -0.1) is 0 Å². The molecular weight excluding hydrogens is 204 g/mol. The maximum atomic E-state index is 9.92. The summed E-state index contributed by atoms with van der Waals surface area (Å²) in [5.74, 6) is 0.213. The first-order chi connectivity index (χ1) is 7.68. The summed E-state index contributed by atoms with van der Waals surface area (Å²) in [6.07, 6.45) is 6.60. The molecule has 2 heterocycles. The third kappa shape index (κ3) is 2.44. The SMILES string of the molecule is CC(C)C(O)c1cnn(C2CCCCO2)c1. The van der Waals surface area contributed by atoms with E-state index in [0.717, 1.165) is 25.0 Å². The number of hydrogen-bond donors (Lipinski definition) is 1. The van der Waals surface area contributed by atoms with Crippen LogP contribution in [0.25, 0.3) is 0 Å². The highest BCUT2D eigenvalue weighted by Crippen LogP contribution is 2.25. The number of aliphatic hydroxyl groups is 1. The van der Waals surface area contributed by atoms with Crippen LogP contribution in [0.15, 0.2) is 12.4 Å². The Balaban J connectivity index is 2.06. The highest BCUT2D eigenvalue weighted by Gasteiger charge is 2.19. The van der Waals surface area contributed by atoms with E-state index in [1.54, 1.807) is 6.20 Å². The maximum absolute atomic E-state index is 9.92. The molecule has 2 rings (SSSR count). The van der Waals surface area contributed by atoms with Crippen molar-refractivity contribution in [2.45, 2.75) is 45.4 Å². The fourth-order valence-corrected chi connectivity index (χ4v) is 1.98. The molecule has 4 heteroatoms. The minimum absolute atomic E-state index is 0.0573.